The molecule has 0 amide bonds. The second-order valence-corrected chi connectivity index (χ2v) is 8.81. The lowest BCUT2D eigenvalue weighted by atomic mass is 9.74. The summed E-state index contributed by atoms with van der Waals surface area (Å²) >= 11 is 0. The van der Waals surface area contributed by atoms with Crippen LogP contribution in [0.2, 0.25) is 0 Å². The zero-order chi connectivity index (χ0) is 15.9. The molecule has 0 unspecified atom stereocenters. The van der Waals surface area contributed by atoms with Gasteiger partial charge in [-0.1, -0.05) is 74.4 Å². The van der Waals surface area contributed by atoms with E-state index >= 15 is 0 Å². The lowest BCUT2D eigenvalue weighted by Gasteiger charge is -2.32. The van der Waals surface area contributed by atoms with Gasteiger partial charge in [0.15, 0.2) is 0 Å². The van der Waals surface area contributed by atoms with Crippen LogP contribution in [-0.4, -0.2) is 5.21 Å². The van der Waals surface area contributed by atoms with Crippen LogP contribution in [0.25, 0.3) is 0 Å². The number of hydrogen-bond acceptors (Lipinski definition) is 2. The largest absolute Gasteiger partial charge is 0.291 e. The van der Waals surface area contributed by atoms with Gasteiger partial charge in [-0.15, -0.1) is 0 Å². The normalized spacial score (nSPS) is 13.5. The standard InChI is InChI=1S/C18H31NO/c1-16(2,3)12-10-13(17(4,5)6)15(19-20)14(11-12)18(7,8)9/h10-11,19-20H,1-9H3. The molecule has 0 aliphatic carbocycles. The number of nitrogens with one attached hydrogen (secondary N) is 1. The Bertz CT molecular complexity index is 447. The fourth-order valence-electron chi connectivity index (χ4n) is 2.38. The first-order chi connectivity index (χ1) is 8.78. The molecule has 1 rings (SSSR count). The van der Waals surface area contributed by atoms with E-state index in [4.69, 9.17) is 0 Å². The Kier molecular flexibility index (Phi) is 4.32. The molecule has 0 saturated heterocycles. The van der Waals surface area contributed by atoms with E-state index in [1.54, 1.807) is 0 Å². The molecule has 2 N–H and O–H groups in total. The van der Waals surface area contributed by atoms with Gasteiger partial charge < -0.3 is 0 Å². The Hall–Kier alpha value is -1.02. The monoisotopic (exact) mass is 277 g/mol. The Balaban J connectivity index is 3.75. The molecular weight excluding hydrogens is 246 g/mol. The quantitative estimate of drug-likeness (QED) is 0.675. The van der Waals surface area contributed by atoms with Crippen LogP contribution in [0.1, 0.15) is 79.0 Å². The smallest absolute Gasteiger partial charge is 0.0676 e. The van der Waals surface area contributed by atoms with Crippen molar-refractivity contribution in [2.45, 2.75) is 78.6 Å². The van der Waals surface area contributed by atoms with Gasteiger partial charge in [-0.05, 0) is 32.9 Å². The van der Waals surface area contributed by atoms with E-state index in [2.05, 4.69) is 79.9 Å². The number of anilines is 1. The highest BCUT2D eigenvalue weighted by atomic mass is 16.5. The fourth-order valence-corrected chi connectivity index (χ4v) is 2.38. The third-order valence-corrected chi connectivity index (χ3v) is 3.73. The first-order valence-electron chi connectivity index (χ1n) is 7.38. The van der Waals surface area contributed by atoms with Crippen LogP contribution in [0.4, 0.5) is 5.69 Å². The summed E-state index contributed by atoms with van der Waals surface area (Å²) in [5.74, 6) is 0. The SMILES string of the molecule is CC(C)(C)c1cc(C(C)(C)C)c(NO)c(C(C)(C)C)c1. The summed E-state index contributed by atoms with van der Waals surface area (Å²) in [4.78, 5) is 0. The first-order valence-corrected chi connectivity index (χ1v) is 7.38. The van der Waals surface area contributed by atoms with E-state index in [1.165, 1.54) is 5.56 Å². The van der Waals surface area contributed by atoms with Gasteiger partial charge in [-0.2, -0.15) is 0 Å². The molecule has 0 bridgehead atoms. The summed E-state index contributed by atoms with van der Waals surface area (Å²) in [7, 11) is 0. The molecule has 114 valence electrons. The van der Waals surface area contributed by atoms with Crippen LogP contribution in [0.3, 0.4) is 0 Å². The molecule has 0 saturated carbocycles. The van der Waals surface area contributed by atoms with Crippen molar-refractivity contribution in [3.8, 4) is 0 Å². The molecule has 2 heteroatoms. The Morgan fingerprint density at radius 3 is 1.25 bits per heavy atom. The van der Waals surface area contributed by atoms with E-state index < -0.39 is 0 Å². The van der Waals surface area contributed by atoms with E-state index in [0.717, 1.165) is 16.8 Å². The van der Waals surface area contributed by atoms with Crippen molar-refractivity contribution in [2.24, 2.45) is 0 Å². The second kappa shape index (κ2) is 5.07. The van der Waals surface area contributed by atoms with Crippen LogP contribution >= 0.6 is 0 Å². The predicted octanol–water partition coefficient (Wildman–Crippen LogP) is 5.38. The molecule has 0 fully saturated rings. The van der Waals surface area contributed by atoms with Crippen molar-refractivity contribution in [3.63, 3.8) is 0 Å². The third kappa shape index (κ3) is 3.54. The molecule has 0 aromatic heterocycles. The highest BCUT2D eigenvalue weighted by Crippen LogP contribution is 2.41. The molecule has 1 aromatic carbocycles. The lowest BCUT2D eigenvalue weighted by molar-refractivity contribution is 0.382. The Morgan fingerprint density at radius 2 is 1.05 bits per heavy atom. The van der Waals surface area contributed by atoms with Crippen LogP contribution in [0.5, 0.6) is 0 Å². The van der Waals surface area contributed by atoms with Gasteiger partial charge >= 0.3 is 0 Å². The minimum atomic E-state index is -0.0215. The van der Waals surface area contributed by atoms with E-state index in [-0.39, 0.29) is 16.2 Å². The van der Waals surface area contributed by atoms with Crippen molar-refractivity contribution in [1.29, 1.82) is 0 Å². The van der Waals surface area contributed by atoms with Gasteiger partial charge in [0.25, 0.3) is 0 Å². The summed E-state index contributed by atoms with van der Waals surface area (Å²) in [6.07, 6.45) is 0. The first kappa shape index (κ1) is 17.0. The van der Waals surface area contributed by atoms with Gasteiger partial charge in [-0.25, -0.2) is 0 Å². The summed E-state index contributed by atoms with van der Waals surface area (Å²) < 4.78 is 0. The highest BCUT2D eigenvalue weighted by molar-refractivity contribution is 5.63. The van der Waals surface area contributed by atoms with E-state index in [0.29, 0.717) is 0 Å². The topological polar surface area (TPSA) is 32.3 Å². The third-order valence-electron chi connectivity index (χ3n) is 3.73. The molecule has 0 spiro atoms. The zero-order valence-electron chi connectivity index (χ0n) is 14.6. The maximum atomic E-state index is 9.67. The van der Waals surface area contributed by atoms with E-state index in [9.17, 15) is 5.21 Å². The maximum Gasteiger partial charge on any atom is 0.0676 e. The molecular formula is C18H31NO. The molecule has 0 radical (unpaired) electrons. The van der Waals surface area contributed by atoms with Gasteiger partial charge in [0, 0.05) is 0 Å². The molecule has 0 aliphatic rings. The lowest BCUT2D eigenvalue weighted by Crippen LogP contribution is -2.23. The highest BCUT2D eigenvalue weighted by Gasteiger charge is 2.28. The van der Waals surface area contributed by atoms with Gasteiger partial charge in [0.05, 0.1) is 5.69 Å². The second-order valence-electron chi connectivity index (χ2n) is 8.81. The number of benzene rings is 1. The van der Waals surface area contributed by atoms with Crippen LogP contribution in [-0.2, 0) is 16.2 Å². The van der Waals surface area contributed by atoms with Crippen molar-refractivity contribution >= 4 is 5.69 Å². The summed E-state index contributed by atoms with van der Waals surface area (Å²) in [6.45, 7) is 19.8. The average molecular weight is 277 g/mol. The average Bonchev–Trinajstić information content (AvgIpc) is 2.23. The van der Waals surface area contributed by atoms with Crippen molar-refractivity contribution in [1.82, 2.24) is 0 Å². The minimum absolute atomic E-state index is 0.0215. The van der Waals surface area contributed by atoms with Crippen LogP contribution < -0.4 is 5.48 Å². The molecule has 2 nitrogen and oxygen atoms in total. The minimum Gasteiger partial charge on any atom is -0.291 e. The van der Waals surface area contributed by atoms with E-state index in [1.807, 2.05) is 0 Å². The number of rotatable bonds is 1. The van der Waals surface area contributed by atoms with Gasteiger partial charge in [0.2, 0.25) is 0 Å². The molecule has 1 aromatic rings. The van der Waals surface area contributed by atoms with Crippen molar-refractivity contribution < 1.29 is 5.21 Å². The summed E-state index contributed by atoms with van der Waals surface area (Å²) in [5, 5.41) is 9.67. The summed E-state index contributed by atoms with van der Waals surface area (Å²) in [5.41, 5.74) is 7.00. The number of hydrogen-bond donors (Lipinski definition) is 2. The van der Waals surface area contributed by atoms with Crippen molar-refractivity contribution in [3.05, 3.63) is 28.8 Å². The Morgan fingerprint density at radius 1 is 0.700 bits per heavy atom. The van der Waals surface area contributed by atoms with Crippen molar-refractivity contribution in [2.75, 3.05) is 5.48 Å². The molecule has 20 heavy (non-hydrogen) atoms. The van der Waals surface area contributed by atoms with Crippen LogP contribution in [0, 0.1) is 0 Å². The predicted molar refractivity (Wildman–Crippen MR) is 88.0 cm³/mol. The van der Waals surface area contributed by atoms with Gasteiger partial charge in [0.1, 0.15) is 0 Å². The zero-order valence-corrected chi connectivity index (χ0v) is 14.6. The van der Waals surface area contributed by atoms with Gasteiger partial charge in [-0.3, -0.25) is 10.7 Å². The molecule has 0 atom stereocenters. The summed E-state index contributed by atoms with van der Waals surface area (Å²) in [6, 6.07) is 4.46. The van der Waals surface area contributed by atoms with Crippen LogP contribution in [0.15, 0.2) is 12.1 Å². The maximum absolute atomic E-state index is 9.67. The molecule has 0 aliphatic heterocycles. The Labute approximate surface area is 124 Å². The fraction of sp³-hybridized carbons (Fsp3) is 0.667. The molecule has 0 heterocycles.